The standard InChI is InChI=1S/C10H17N7O2S3.C4H4O4/c1-6-13-8(17-22(18,19)16-6)2-3-20-4-7-5-21-10(14-7)15-9(11)12;5-3(6)1-2-4(7)8/h5-6,16H,2-4H2,1H3,(H,13,17)(H4,11,12,14,15);1-2H,(H,5,6)(H,7,8)/b;2-1-. The van der Waals surface area contributed by atoms with Crippen molar-refractivity contribution in [3.8, 4) is 0 Å². The number of nitrogens with two attached hydrogens (primary N) is 2. The number of amidine groups is 1. The lowest BCUT2D eigenvalue weighted by atomic mass is 10.4. The van der Waals surface area contributed by atoms with Gasteiger partial charge in [-0.05, 0) is 6.92 Å². The van der Waals surface area contributed by atoms with E-state index >= 15 is 0 Å². The lowest BCUT2D eigenvalue weighted by Gasteiger charge is -2.20. The van der Waals surface area contributed by atoms with Crippen LogP contribution in [0.5, 0.6) is 0 Å². The maximum Gasteiger partial charge on any atom is 0.328 e. The number of nitrogens with zero attached hydrogens (tertiary/aromatic N) is 3. The normalized spacial score (nSPS) is 17.2. The summed E-state index contributed by atoms with van der Waals surface area (Å²) >= 11 is 3.00. The molecule has 1 unspecified atom stereocenters. The van der Waals surface area contributed by atoms with Gasteiger partial charge in [-0.15, -0.1) is 11.3 Å². The molecule has 13 nitrogen and oxygen atoms in total. The van der Waals surface area contributed by atoms with Crippen LogP contribution in [0.3, 0.4) is 0 Å². The molecule has 0 amide bonds. The topological polar surface area (TPSA) is 222 Å². The molecule has 8 N–H and O–H groups in total. The third-order valence-corrected chi connectivity index (χ3v) is 5.73. The van der Waals surface area contributed by atoms with E-state index < -0.39 is 28.3 Å². The van der Waals surface area contributed by atoms with Crippen molar-refractivity contribution < 1.29 is 28.2 Å². The molecule has 1 aliphatic rings. The number of aliphatic imine (C=N–C) groups is 2. The van der Waals surface area contributed by atoms with E-state index in [1.165, 1.54) is 11.3 Å². The van der Waals surface area contributed by atoms with E-state index in [1.54, 1.807) is 18.7 Å². The minimum Gasteiger partial charge on any atom is -0.478 e. The minimum absolute atomic E-state index is 0.0149. The molecule has 1 atom stereocenters. The van der Waals surface area contributed by atoms with Crippen LogP contribution in [-0.2, 0) is 25.6 Å². The van der Waals surface area contributed by atoms with Crippen LogP contribution in [0.1, 0.15) is 19.0 Å². The van der Waals surface area contributed by atoms with Gasteiger partial charge >= 0.3 is 22.1 Å². The highest BCUT2D eigenvalue weighted by molar-refractivity contribution is 7.98. The highest BCUT2D eigenvalue weighted by Gasteiger charge is 2.21. The zero-order valence-corrected chi connectivity index (χ0v) is 18.1. The molecule has 0 fully saturated rings. The van der Waals surface area contributed by atoms with Crippen molar-refractivity contribution in [3.05, 3.63) is 23.2 Å². The second kappa shape index (κ2) is 12.1. The zero-order chi connectivity index (χ0) is 22.7. The summed E-state index contributed by atoms with van der Waals surface area (Å²) < 4.78 is 27.7. The number of hydrogen-bond acceptors (Lipinski definition) is 9. The summed E-state index contributed by atoms with van der Waals surface area (Å²) in [5.74, 6) is -0.634. The van der Waals surface area contributed by atoms with Gasteiger partial charge in [0.15, 0.2) is 5.96 Å². The zero-order valence-electron chi connectivity index (χ0n) is 15.7. The fourth-order valence-corrected chi connectivity index (χ4v) is 4.50. The number of aliphatic carboxylic acids is 2. The molecule has 1 aromatic heterocycles. The van der Waals surface area contributed by atoms with E-state index in [1.807, 2.05) is 5.38 Å². The SMILES string of the molecule is CC1N=C(CCSCc2csc(N=C(N)N)n2)NS(=O)(=O)N1.O=C(O)/C=C\C(=O)O. The van der Waals surface area contributed by atoms with Crippen molar-refractivity contribution in [3.63, 3.8) is 0 Å². The number of nitrogens with one attached hydrogen (secondary N) is 2. The molecule has 0 saturated heterocycles. The number of thiazole rings is 1. The van der Waals surface area contributed by atoms with Gasteiger partial charge in [-0.25, -0.2) is 14.6 Å². The molecule has 0 saturated carbocycles. The highest BCUT2D eigenvalue weighted by atomic mass is 32.2. The van der Waals surface area contributed by atoms with E-state index in [0.717, 1.165) is 11.4 Å². The van der Waals surface area contributed by atoms with Crippen molar-refractivity contribution in [1.82, 2.24) is 14.4 Å². The van der Waals surface area contributed by atoms with Crippen LogP contribution in [0, 0.1) is 0 Å². The molecule has 0 radical (unpaired) electrons. The molecule has 0 aliphatic carbocycles. The van der Waals surface area contributed by atoms with Gasteiger partial charge in [-0.3, -0.25) is 9.71 Å². The van der Waals surface area contributed by atoms with E-state index in [9.17, 15) is 18.0 Å². The second-order valence-electron chi connectivity index (χ2n) is 5.45. The number of carbonyl (C=O) groups is 2. The van der Waals surface area contributed by atoms with Crippen molar-refractivity contribution in [1.29, 1.82) is 0 Å². The fourth-order valence-electron chi connectivity index (χ4n) is 1.82. The Hall–Kier alpha value is -2.69. The predicted octanol–water partition coefficient (Wildman–Crippen LogP) is -0.435. The average Bonchev–Trinajstić information content (AvgIpc) is 3.02. The molecule has 0 spiro atoms. The number of aromatic nitrogens is 1. The quantitative estimate of drug-likeness (QED) is 0.122. The Bertz CT molecular complexity index is 922. The predicted molar refractivity (Wildman–Crippen MR) is 115 cm³/mol. The third-order valence-electron chi connectivity index (χ3n) is 2.79. The number of carboxylic acids is 2. The monoisotopic (exact) mass is 479 g/mol. The van der Waals surface area contributed by atoms with E-state index in [0.29, 0.717) is 35.3 Å². The summed E-state index contributed by atoms with van der Waals surface area (Å²) in [4.78, 5) is 31.5. The first kappa shape index (κ1) is 25.3. The smallest absolute Gasteiger partial charge is 0.328 e. The second-order valence-corrected chi connectivity index (χ2v) is 8.83. The molecule has 166 valence electrons. The Kier molecular flexibility index (Phi) is 10.2. The van der Waals surface area contributed by atoms with Gasteiger partial charge in [0, 0.05) is 35.5 Å². The van der Waals surface area contributed by atoms with Crippen LogP contribution >= 0.6 is 23.1 Å². The largest absolute Gasteiger partial charge is 0.478 e. The molecule has 16 heteroatoms. The van der Waals surface area contributed by atoms with Gasteiger partial charge in [0.2, 0.25) is 5.13 Å². The Morgan fingerprint density at radius 2 is 1.97 bits per heavy atom. The summed E-state index contributed by atoms with van der Waals surface area (Å²) in [6.45, 7) is 1.69. The maximum atomic E-state index is 11.5. The van der Waals surface area contributed by atoms with E-state index in [-0.39, 0.29) is 5.96 Å². The van der Waals surface area contributed by atoms with Crippen LogP contribution < -0.4 is 20.9 Å². The highest BCUT2D eigenvalue weighted by Crippen LogP contribution is 2.22. The summed E-state index contributed by atoms with van der Waals surface area (Å²) in [7, 11) is -3.47. The summed E-state index contributed by atoms with van der Waals surface area (Å²) in [5.41, 5.74) is 11.5. The van der Waals surface area contributed by atoms with Crippen LogP contribution in [0.4, 0.5) is 5.13 Å². The molecule has 30 heavy (non-hydrogen) atoms. The number of thioether (sulfide) groups is 1. The van der Waals surface area contributed by atoms with Crippen LogP contribution in [0.25, 0.3) is 0 Å². The molecule has 0 bridgehead atoms. The van der Waals surface area contributed by atoms with Gasteiger partial charge in [0.1, 0.15) is 12.0 Å². The number of hydrogen-bond donors (Lipinski definition) is 6. The Labute approximate surface area is 180 Å². The average molecular weight is 480 g/mol. The molecule has 1 aliphatic heterocycles. The van der Waals surface area contributed by atoms with Gasteiger partial charge < -0.3 is 21.7 Å². The summed E-state index contributed by atoms with van der Waals surface area (Å²) in [6, 6.07) is 0. The van der Waals surface area contributed by atoms with E-state index in [2.05, 4.69) is 24.4 Å². The van der Waals surface area contributed by atoms with Crippen LogP contribution in [-0.4, -0.2) is 59.3 Å². The first-order valence-corrected chi connectivity index (χ1v) is 11.6. The fraction of sp³-hybridized carbons (Fsp3) is 0.357. The third kappa shape index (κ3) is 11.3. The van der Waals surface area contributed by atoms with Crippen LogP contribution in [0.15, 0.2) is 27.5 Å². The first-order valence-electron chi connectivity index (χ1n) is 8.09. The van der Waals surface area contributed by atoms with Crippen molar-refractivity contribution in [2.45, 2.75) is 25.3 Å². The molecular formula is C14H21N7O6S3. The van der Waals surface area contributed by atoms with Gasteiger partial charge in [0.25, 0.3) is 0 Å². The molecule has 0 aromatic carbocycles. The van der Waals surface area contributed by atoms with Gasteiger partial charge in [-0.1, -0.05) is 0 Å². The Morgan fingerprint density at radius 3 is 2.50 bits per heavy atom. The lowest BCUT2D eigenvalue weighted by molar-refractivity contribution is -0.134. The molecule has 2 heterocycles. The number of rotatable bonds is 8. The minimum atomic E-state index is -3.47. The number of carboxylic acid groups (broad SMARTS) is 2. The summed E-state index contributed by atoms with van der Waals surface area (Å²) in [5, 5.41) is 18.0. The maximum absolute atomic E-state index is 11.5. The summed E-state index contributed by atoms with van der Waals surface area (Å²) in [6.07, 6.45) is 1.22. The van der Waals surface area contributed by atoms with Crippen molar-refractivity contribution >= 4 is 62.2 Å². The first-order chi connectivity index (χ1) is 14.0. The van der Waals surface area contributed by atoms with E-state index in [4.69, 9.17) is 21.7 Å². The van der Waals surface area contributed by atoms with Gasteiger partial charge in [-0.2, -0.15) is 29.9 Å². The molecular weight excluding hydrogens is 458 g/mol. The molecule has 1 aromatic rings. The Balaban J connectivity index is 0.000000479. The van der Waals surface area contributed by atoms with Crippen molar-refractivity contribution in [2.75, 3.05) is 5.75 Å². The van der Waals surface area contributed by atoms with Crippen LogP contribution in [0.2, 0.25) is 0 Å². The van der Waals surface area contributed by atoms with Gasteiger partial charge in [0.05, 0.1) is 5.69 Å². The van der Waals surface area contributed by atoms with Crippen molar-refractivity contribution in [2.24, 2.45) is 21.5 Å². The Morgan fingerprint density at radius 1 is 1.33 bits per heavy atom. The lowest BCUT2D eigenvalue weighted by Crippen LogP contribution is -2.48. The number of guanidine groups is 1. The molecule has 2 rings (SSSR count).